The molecule has 5 heteroatoms. The van der Waals surface area contributed by atoms with Crippen LogP contribution in [0.4, 0.5) is 0 Å². The highest BCUT2D eigenvalue weighted by Crippen LogP contribution is 2.31. The van der Waals surface area contributed by atoms with Gasteiger partial charge in [-0.15, -0.1) is 0 Å². The number of aliphatic hydroxyl groups excluding tert-OH is 1. The van der Waals surface area contributed by atoms with Crippen molar-refractivity contribution in [1.82, 2.24) is 4.31 Å². The van der Waals surface area contributed by atoms with E-state index in [0.29, 0.717) is 0 Å². The fourth-order valence-electron chi connectivity index (χ4n) is 1.34. The zero-order valence-corrected chi connectivity index (χ0v) is 8.92. The Hall–Kier alpha value is -0.130. The standard InChI is InChI=1S/C8H17NO3S/c1-7(2)9(5-6-10)13(11,12)8-3-4-8/h7-8,10H,3-6H2,1-2H3. The maximum atomic E-state index is 11.7. The first kappa shape index (κ1) is 10.9. The molecule has 1 saturated carbocycles. The molecule has 0 atom stereocenters. The summed E-state index contributed by atoms with van der Waals surface area (Å²) in [5.74, 6) is 0. The Morgan fingerprint density at radius 2 is 2.00 bits per heavy atom. The average Bonchev–Trinajstić information content (AvgIpc) is 2.80. The second kappa shape index (κ2) is 3.94. The molecule has 0 saturated heterocycles. The summed E-state index contributed by atoms with van der Waals surface area (Å²) >= 11 is 0. The van der Waals surface area contributed by atoms with Crippen molar-refractivity contribution >= 4 is 10.0 Å². The molecular weight excluding hydrogens is 190 g/mol. The molecule has 0 aromatic heterocycles. The van der Waals surface area contributed by atoms with Crippen LogP contribution in [0.25, 0.3) is 0 Å². The Balaban J connectivity index is 2.73. The van der Waals surface area contributed by atoms with E-state index in [1.165, 1.54) is 4.31 Å². The summed E-state index contributed by atoms with van der Waals surface area (Å²) in [4.78, 5) is 0. The molecule has 1 aliphatic rings. The van der Waals surface area contributed by atoms with Crippen LogP contribution in [0.5, 0.6) is 0 Å². The van der Waals surface area contributed by atoms with Gasteiger partial charge in [0.2, 0.25) is 10.0 Å². The van der Waals surface area contributed by atoms with Gasteiger partial charge in [-0.3, -0.25) is 0 Å². The van der Waals surface area contributed by atoms with Gasteiger partial charge in [0.25, 0.3) is 0 Å². The molecule has 1 fully saturated rings. The second-order valence-electron chi connectivity index (χ2n) is 3.67. The van der Waals surface area contributed by atoms with Crippen LogP contribution in [0.3, 0.4) is 0 Å². The molecule has 0 aliphatic heterocycles. The number of nitrogens with zero attached hydrogens (tertiary/aromatic N) is 1. The molecule has 4 nitrogen and oxygen atoms in total. The number of rotatable bonds is 5. The van der Waals surface area contributed by atoms with Crippen LogP contribution >= 0.6 is 0 Å². The minimum Gasteiger partial charge on any atom is -0.395 e. The summed E-state index contributed by atoms with van der Waals surface area (Å²) in [7, 11) is -3.12. The molecule has 0 aromatic rings. The fourth-order valence-corrected chi connectivity index (χ4v) is 3.37. The number of sulfonamides is 1. The smallest absolute Gasteiger partial charge is 0.217 e. The van der Waals surface area contributed by atoms with Crippen molar-refractivity contribution in [3.05, 3.63) is 0 Å². The van der Waals surface area contributed by atoms with E-state index in [1.807, 2.05) is 13.8 Å². The molecule has 0 aromatic carbocycles. The summed E-state index contributed by atoms with van der Waals surface area (Å²) in [5.41, 5.74) is 0. The molecule has 1 rings (SSSR count). The lowest BCUT2D eigenvalue weighted by Crippen LogP contribution is -2.40. The van der Waals surface area contributed by atoms with Crippen molar-refractivity contribution in [3.63, 3.8) is 0 Å². The molecular formula is C8H17NO3S. The highest BCUT2D eigenvalue weighted by molar-refractivity contribution is 7.90. The molecule has 0 heterocycles. The lowest BCUT2D eigenvalue weighted by atomic mass is 10.4. The molecule has 0 unspecified atom stereocenters. The minimum absolute atomic E-state index is 0.0576. The number of hydrogen-bond acceptors (Lipinski definition) is 3. The van der Waals surface area contributed by atoms with E-state index in [0.717, 1.165) is 12.8 Å². The highest BCUT2D eigenvalue weighted by atomic mass is 32.2. The van der Waals surface area contributed by atoms with Crippen LogP contribution in [0, 0.1) is 0 Å². The Bertz CT molecular complexity index is 257. The Morgan fingerprint density at radius 3 is 2.31 bits per heavy atom. The molecule has 0 bridgehead atoms. The van der Waals surface area contributed by atoms with Crippen LogP contribution in [0.1, 0.15) is 26.7 Å². The molecule has 1 aliphatic carbocycles. The third-order valence-corrected chi connectivity index (χ3v) is 4.74. The zero-order valence-electron chi connectivity index (χ0n) is 8.10. The van der Waals surface area contributed by atoms with Gasteiger partial charge in [0.1, 0.15) is 0 Å². The normalized spacial score (nSPS) is 18.5. The van der Waals surface area contributed by atoms with Crippen LogP contribution in [-0.2, 0) is 10.0 Å². The van der Waals surface area contributed by atoms with E-state index < -0.39 is 10.0 Å². The third kappa shape index (κ3) is 2.42. The number of hydrogen-bond donors (Lipinski definition) is 1. The van der Waals surface area contributed by atoms with E-state index >= 15 is 0 Å². The van der Waals surface area contributed by atoms with Crippen molar-refractivity contribution in [2.75, 3.05) is 13.2 Å². The maximum absolute atomic E-state index is 11.7. The highest BCUT2D eigenvalue weighted by Gasteiger charge is 2.40. The summed E-state index contributed by atoms with van der Waals surface area (Å²) in [6, 6.07) is -0.0576. The Kier molecular flexibility index (Phi) is 3.32. The summed E-state index contributed by atoms with van der Waals surface area (Å²) < 4.78 is 24.9. The van der Waals surface area contributed by atoms with E-state index in [9.17, 15) is 8.42 Å². The first-order valence-corrected chi connectivity index (χ1v) is 6.12. The van der Waals surface area contributed by atoms with Gasteiger partial charge in [-0.1, -0.05) is 0 Å². The molecule has 78 valence electrons. The SMILES string of the molecule is CC(C)N(CCO)S(=O)(=O)C1CC1. The quantitative estimate of drug-likeness (QED) is 0.699. The summed E-state index contributed by atoms with van der Waals surface area (Å²) in [6.45, 7) is 3.77. The predicted octanol–water partition coefficient (Wildman–Crippen LogP) is 0.181. The summed E-state index contributed by atoms with van der Waals surface area (Å²) in [5, 5.41) is 8.57. The average molecular weight is 207 g/mol. The Morgan fingerprint density at radius 1 is 1.46 bits per heavy atom. The van der Waals surface area contributed by atoms with Crippen LogP contribution in [0.2, 0.25) is 0 Å². The lowest BCUT2D eigenvalue weighted by molar-refractivity contribution is 0.236. The first-order valence-electron chi connectivity index (χ1n) is 4.61. The molecule has 0 radical (unpaired) electrons. The Labute approximate surface area is 79.6 Å². The van der Waals surface area contributed by atoms with E-state index in [2.05, 4.69) is 0 Å². The van der Waals surface area contributed by atoms with Gasteiger partial charge in [-0.2, -0.15) is 4.31 Å². The fraction of sp³-hybridized carbons (Fsp3) is 1.00. The van der Waals surface area contributed by atoms with E-state index in [4.69, 9.17) is 5.11 Å². The molecule has 1 N–H and O–H groups in total. The van der Waals surface area contributed by atoms with Crippen LogP contribution in [-0.4, -0.2) is 42.3 Å². The van der Waals surface area contributed by atoms with Gasteiger partial charge < -0.3 is 5.11 Å². The maximum Gasteiger partial charge on any atom is 0.217 e. The molecule has 0 spiro atoms. The van der Waals surface area contributed by atoms with Crippen LogP contribution in [0.15, 0.2) is 0 Å². The van der Waals surface area contributed by atoms with Gasteiger partial charge in [0, 0.05) is 12.6 Å². The number of aliphatic hydroxyl groups is 1. The van der Waals surface area contributed by atoms with Crippen molar-refractivity contribution in [3.8, 4) is 0 Å². The van der Waals surface area contributed by atoms with Crippen molar-refractivity contribution < 1.29 is 13.5 Å². The van der Waals surface area contributed by atoms with Gasteiger partial charge in [-0.05, 0) is 26.7 Å². The molecule has 0 amide bonds. The summed E-state index contributed by atoms with van der Waals surface area (Å²) in [6.07, 6.45) is 1.55. The third-order valence-electron chi connectivity index (χ3n) is 2.17. The van der Waals surface area contributed by atoms with Crippen molar-refractivity contribution in [1.29, 1.82) is 0 Å². The van der Waals surface area contributed by atoms with E-state index in [1.54, 1.807) is 0 Å². The molecule has 13 heavy (non-hydrogen) atoms. The van der Waals surface area contributed by atoms with E-state index in [-0.39, 0.29) is 24.4 Å². The zero-order chi connectivity index (χ0) is 10.1. The topological polar surface area (TPSA) is 57.6 Å². The van der Waals surface area contributed by atoms with Crippen molar-refractivity contribution in [2.45, 2.75) is 38.0 Å². The lowest BCUT2D eigenvalue weighted by Gasteiger charge is -2.24. The van der Waals surface area contributed by atoms with Gasteiger partial charge in [0.05, 0.1) is 11.9 Å². The first-order chi connectivity index (χ1) is 6.00. The van der Waals surface area contributed by atoms with Crippen LogP contribution < -0.4 is 0 Å². The van der Waals surface area contributed by atoms with Gasteiger partial charge >= 0.3 is 0 Å². The second-order valence-corrected chi connectivity index (χ2v) is 5.84. The van der Waals surface area contributed by atoms with Gasteiger partial charge in [-0.25, -0.2) is 8.42 Å². The van der Waals surface area contributed by atoms with Crippen molar-refractivity contribution in [2.24, 2.45) is 0 Å². The monoisotopic (exact) mass is 207 g/mol. The predicted molar refractivity (Wildman–Crippen MR) is 50.9 cm³/mol. The minimum atomic E-state index is -3.12. The largest absolute Gasteiger partial charge is 0.395 e. The van der Waals surface area contributed by atoms with Gasteiger partial charge in [0.15, 0.2) is 0 Å².